The predicted molar refractivity (Wildman–Crippen MR) is 131 cm³/mol. The third-order valence-electron chi connectivity index (χ3n) is 4.67. The van der Waals surface area contributed by atoms with Crippen LogP contribution in [-0.2, 0) is 22.6 Å². The first kappa shape index (κ1) is 24.6. The average Bonchev–Trinajstić information content (AvgIpc) is 3.17. The molecule has 1 heterocycles. The van der Waals surface area contributed by atoms with E-state index in [1.165, 1.54) is 11.8 Å². The lowest BCUT2D eigenvalue weighted by atomic mass is 10.2. The number of amides is 2. The minimum absolute atomic E-state index is 0.0742. The number of aromatic nitrogens is 3. The zero-order valence-corrected chi connectivity index (χ0v) is 20.3. The third kappa shape index (κ3) is 6.97. The normalized spacial score (nSPS) is 10.7. The van der Waals surface area contributed by atoms with Crippen LogP contribution in [-0.4, -0.2) is 38.9 Å². The van der Waals surface area contributed by atoms with E-state index in [1.54, 1.807) is 42.5 Å². The van der Waals surface area contributed by atoms with Gasteiger partial charge in [0, 0.05) is 22.9 Å². The molecule has 3 aromatic rings. The molecular formula is C23H26ClN5O3S. The van der Waals surface area contributed by atoms with Gasteiger partial charge in [-0.15, -0.1) is 10.2 Å². The molecule has 0 spiro atoms. The Kier molecular flexibility index (Phi) is 8.73. The number of ether oxygens (including phenoxy) is 1. The van der Waals surface area contributed by atoms with Crippen molar-refractivity contribution in [1.82, 2.24) is 14.8 Å². The zero-order valence-electron chi connectivity index (χ0n) is 18.7. The maximum Gasteiger partial charge on any atom is 0.234 e. The minimum Gasteiger partial charge on any atom is -0.494 e. The largest absolute Gasteiger partial charge is 0.494 e. The summed E-state index contributed by atoms with van der Waals surface area (Å²) < 4.78 is 7.24. The fourth-order valence-electron chi connectivity index (χ4n) is 3.11. The van der Waals surface area contributed by atoms with E-state index in [-0.39, 0.29) is 24.0 Å². The van der Waals surface area contributed by atoms with Crippen LogP contribution in [0.25, 0.3) is 0 Å². The van der Waals surface area contributed by atoms with Gasteiger partial charge in [-0.2, -0.15) is 0 Å². The maximum atomic E-state index is 12.5. The number of thioether (sulfide) groups is 1. The summed E-state index contributed by atoms with van der Waals surface area (Å²) in [6.45, 7) is 6.91. The van der Waals surface area contributed by atoms with Gasteiger partial charge in [0.25, 0.3) is 0 Å². The van der Waals surface area contributed by atoms with Crippen LogP contribution < -0.4 is 15.4 Å². The quantitative estimate of drug-likeness (QED) is 0.406. The van der Waals surface area contributed by atoms with Crippen molar-refractivity contribution < 1.29 is 14.3 Å². The van der Waals surface area contributed by atoms with Crippen molar-refractivity contribution >= 4 is 46.6 Å². The van der Waals surface area contributed by atoms with Crippen LogP contribution in [0.1, 0.15) is 25.2 Å². The highest BCUT2D eigenvalue weighted by atomic mass is 35.5. The molecule has 0 saturated heterocycles. The van der Waals surface area contributed by atoms with Crippen LogP contribution in [0.3, 0.4) is 0 Å². The van der Waals surface area contributed by atoms with E-state index in [4.69, 9.17) is 16.3 Å². The van der Waals surface area contributed by atoms with Gasteiger partial charge in [-0.25, -0.2) is 0 Å². The summed E-state index contributed by atoms with van der Waals surface area (Å²) in [5.41, 5.74) is 2.28. The van der Waals surface area contributed by atoms with Crippen molar-refractivity contribution in [3.8, 4) is 5.75 Å². The highest BCUT2D eigenvalue weighted by Crippen LogP contribution is 2.22. The lowest BCUT2D eigenvalue weighted by Crippen LogP contribution is -2.18. The number of hydrogen-bond acceptors (Lipinski definition) is 6. The van der Waals surface area contributed by atoms with Gasteiger partial charge in [0.2, 0.25) is 11.8 Å². The molecule has 0 bridgehead atoms. The molecule has 8 nitrogen and oxygen atoms in total. The highest BCUT2D eigenvalue weighted by Gasteiger charge is 2.16. The number of carbonyl (C=O) groups is 2. The van der Waals surface area contributed by atoms with Crippen LogP contribution in [0.15, 0.2) is 47.6 Å². The van der Waals surface area contributed by atoms with Crippen LogP contribution >= 0.6 is 23.4 Å². The lowest BCUT2D eigenvalue weighted by molar-refractivity contribution is -0.116. The van der Waals surface area contributed by atoms with Crippen molar-refractivity contribution in [2.75, 3.05) is 23.0 Å². The van der Waals surface area contributed by atoms with Crippen LogP contribution in [0.4, 0.5) is 11.4 Å². The number of anilines is 2. The van der Waals surface area contributed by atoms with E-state index < -0.39 is 0 Å². The summed E-state index contributed by atoms with van der Waals surface area (Å²) >= 11 is 7.23. The van der Waals surface area contributed by atoms with Gasteiger partial charge in [-0.1, -0.05) is 23.4 Å². The molecule has 0 aliphatic heterocycles. The number of benzene rings is 2. The van der Waals surface area contributed by atoms with Gasteiger partial charge >= 0.3 is 0 Å². The van der Waals surface area contributed by atoms with E-state index in [1.807, 2.05) is 25.3 Å². The topological polar surface area (TPSA) is 98.1 Å². The van der Waals surface area contributed by atoms with Gasteiger partial charge in [-0.3, -0.25) is 9.59 Å². The molecule has 0 radical (unpaired) electrons. The SMILES string of the molecule is CCOc1ccc(NC(=O)Cc2nnc(SCC(=O)Nc3ccc(Cl)cc3C)n2CC)cc1. The summed E-state index contributed by atoms with van der Waals surface area (Å²) in [6, 6.07) is 12.5. The molecule has 0 unspecified atom stereocenters. The Hall–Kier alpha value is -3.04. The lowest BCUT2D eigenvalue weighted by Gasteiger charge is -2.10. The number of halogens is 1. The van der Waals surface area contributed by atoms with Crippen LogP contribution in [0.2, 0.25) is 5.02 Å². The minimum atomic E-state index is -0.200. The second-order valence-corrected chi connectivity index (χ2v) is 8.50. The highest BCUT2D eigenvalue weighted by molar-refractivity contribution is 7.99. The van der Waals surface area contributed by atoms with Gasteiger partial charge < -0.3 is 19.9 Å². The van der Waals surface area contributed by atoms with Crippen molar-refractivity contribution in [2.45, 2.75) is 38.9 Å². The smallest absolute Gasteiger partial charge is 0.234 e. The Morgan fingerprint density at radius 3 is 2.48 bits per heavy atom. The van der Waals surface area contributed by atoms with Gasteiger partial charge in [0.05, 0.1) is 18.8 Å². The van der Waals surface area contributed by atoms with Crippen molar-refractivity contribution in [3.63, 3.8) is 0 Å². The average molecular weight is 488 g/mol. The Morgan fingerprint density at radius 2 is 1.82 bits per heavy atom. The van der Waals surface area contributed by atoms with E-state index in [0.717, 1.165) is 11.3 Å². The van der Waals surface area contributed by atoms with E-state index in [0.29, 0.717) is 40.5 Å². The molecule has 33 heavy (non-hydrogen) atoms. The second kappa shape index (κ2) is 11.7. The van der Waals surface area contributed by atoms with E-state index in [2.05, 4.69) is 20.8 Å². The van der Waals surface area contributed by atoms with Crippen molar-refractivity contribution in [2.24, 2.45) is 0 Å². The molecule has 2 aromatic carbocycles. The molecule has 0 fully saturated rings. The molecule has 3 rings (SSSR count). The molecule has 2 amide bonds. The molecule has 1 aromatic heterocycles. The van der Waals surface area contributed by atoms with Crippen LogP contribution in [0.5, 0.6) is 5.75 Å². The third-order valence-corrected chi connectivity index (χ3v) is 5.87. The molecule has 0 atom stereocenters. The van der Waals surface area contributed by atoms with Crippen molar-refractivity contribution in [1.29, 1.82) is 0 Å². The monoisotopic (exact) mass is 487 g/mol. The maximum absolute atomic E-state index is 12.5. The molecular weight excluding hydrogens is 462 g/mol. The van der Waals surface area contributed by atoms with E-state index in [9.17, 15) is 9.59 Å². The van der Waals surface area contributed by atoms with Gasteiger partial charge in [-0.05, 0) is 68.8 Å². The van der Waals surface area contributed by atoms with Gasteiger partial charge in [0.1, 0.15) is 11.6 Å². The number of nitrogens with zero attached hydrogens (tertiary/aromatic N) is 3. The molecule has 10 heteroatoms. The molecule has 174 valence electrons. The molecule has 2 N–H and O–H groups in total. The summed E-state index contributed by atoms with van der Waals surface area (Å²) in [4.78, 5) is 24.9. The summed E-state index contributed by atoms with van der Waals surface area (Å²) in [5.74, 6) is 1.09. The number of carbonyl (C=O) groups excluding carboxylic acids is 2. The number of aryl methyl sites for hydroxylation is 1. The first-order valence-electron chi connectivity index (χ1n) is 10.5. The first-order chi connectivity index (χ1) is 15.9. The Balaban J connectivity index is 1.56. The summed E-state index contributed by atoms with van der Waals surface area (Å²) in [7, 11) is 0. The standard InChI is InChI=1S/C23H26ClN5O3S/c1-4-29-20(13-21(30)25-17-7-9-18(10-8-17)32-5-2)27-28-23(29)33-14-22(31)26-19-11-6-16(24)12-15(19)3/h6-12H,4-5,13-14H2,1-3H3,(H,25,30)(H,26,31). The summed E-state index contributed by atoms with van der Waals surface area (Å²) in [5, 5.41) is 15.3. The number of hydrogen-bond donors (Lipinski definition) is 2. The van der Waals surface area contributed by atoms with Crippen LogP contribution in [0, 0.1) is 6.92 Å². The Labute approximate surface area is 202 Å². The molecule has 0 aliphatic carbocycles. The number of rotatable bonds is 10. The summed E-state index contributed by atoms with van der Waals surface area (Å²) in [6.07, 6.45) is 0.0742. The fraction of sp³-hybridized carbons (Fsp3) is 0.304. The van der Waals surface area contributed by atoms with E-state index >= 15 is 0 Å². The number of nitrogens with one attached hydrogen (secondary N) is 2. The fourth-order valence-corrected chi connectivity index (χ4v) is 4.16. The second-order valence-electron chi connectivity index (χ2n) is 7.12. The Morgan fingerprint density at radius 1 is 1.06 bits per heavy atom. The molecule has 0 saturated carbocycles. The molecule has 0 aliphatic rings. The Bertz CT molecular complexity index is 1120. The van der Waals surface area contributed by atoms with Crippen molar-refractivity contribution in [3.05, 3.63) is 58.9 Å². The first-order valence-corrected chi connectivity index (χ1v) is 11.9. The predicted octanol–water partition coefficient (Wildman–Crippen LogP) is 4.57. The zero-order chi connectivity index (χ0) is 23.8. The van der Waals surface area contributed by atoms with Gasteiger partial charge in [0.15, 0.2) is 5.16 Å².